The molecule has 4 aromatic carbocycles. The van der Waals surface area contributed by atoms with E-state index in [9.17, 15) is 34.5 Å². The van der Waals surface area contributed by atoms with Gasteiger partial charge in [0, 0.05) is 65.1 Å². The summed E-state index contributed by atoms with van der Waals surface area (Å²) in [5.41, 5.74) is 6.13. The lowest BCUT2D eigenvalue weighted by Crippen LogP contribution is -2.57. The first-order valence-electron chi connectivity index (χ1n) is 24.3. The lowest BCUT2D eigenvalue weighted by Gasteiger charge is -2.35. The number of ether oxygens (including phenoxy) is 3. The molecular weight excluding hydrogens is 955 g/mol. The van der Waals surface area contributed by atoms with Crippen LogP contribution >= 0.6 is 22.7 Å². The maximum Gasteiger partial charge on any atom is 0.246 e. The number of aliphatic hydroxyl groups excluding tert-OH is 1. The molecule has 0 bridgehead atoms. The third-order valence-corrected chi connectivity index (χ3v) is 14.8. The fourth-order valence-electron chi connectivity index (χ4n) is 8.58. The number of likely N-dealkylation sites (tertiary alicyclic amines) is 1. The highest BCUT2D eigenvalue weighted by Gasteiger charge is 2.44. The number of aromatic hydroxyl groups is 2. The number of thiophene rings is 1. The molecule has 3 atom stereocenters. The number of amides is 3. The number of aryl methyl sites for hydroxylation is 1. The Balaban J connectivity index is 0.782. The topological polar surface area (TPSA) is 200 Å². The number of carbonyl (C=O) groups is 4. The fourth-order valence-corrected chi connectivity index (χ4v) is 10.6. The second kappa shape index (κ2) is 25.0. The Morgan fingerprint density at radius 1 is 0.847 bits per heavy atom. The summed E-state index contributed by atoms with van der Waals surface area (Å²) < 4.78 is 18.3. The molecule has 7 rings (SSSR count). The van der Waals surface area contributed by atoms with Crippen LogP contribution in [0, 0.1) is 12.3 Å². The third kappa shape index (κ3) is 14.1. The zero-order valence-electron chi connectivity index (χ0n) is 41.5. The fraction of sp³-hybridized carbons (Fsp3) is 0.400. The summed E-state index contributed by atoms with van der Waals surface area (Å²) in [4.78, 5) is 64.3. The Morgan fingerprint density at radius 2 is 1.51 bits per heavy atom. The molecule has 0 unspecified atom stereocenters. The van der Waals surface area contributed by atoms with Gasteiger partial charge in [-0.15, -0.1) is 22.7 Å². The molecule has 6 aromatic rings. The number of thiazole rings is 1. The lowest BCUT2D eigenvalue weighted by atomic mass is 9.85. The molecule has 5 N–H and O–H groups in total. The van der Waals surface area contributed by atoms with Crippen molar-refractivity contribution < 1.29 is 48.7 Å². The van der Waals surface area contributed by atoms with Crippen molar-refractivity contribution in [2.45, 2.75) is 72.1 Å². The minimum absolute atomic E-state index is 0.000295. The first-order valence-corrected chi connectivity index (χ1v) is 26.0. The van der Waals surface area contributed by atoms with Crippen molar-refractivity contribution in [3.63, 3.8) is 0 Å². The van der Waals surface area contributed by atoms with E-state index in [1.807, 2.05) is 57.5 Å². The molecule has 2 aromatic heterocycles. The molecule has 0 saturated carbocycles. The van der Waals surface area contributed by atoms with E-state index in [0.717, 1.165) is 48.8 Å². The van der Waals surface area contributed by atoms with Gasteiger partial charge in [0.05, 0.1) is 48.6 Å². The molecule has 3 amide bonds. The molecule has 1 aliphatic rings. The highest BCUT2D eigenvalue weighted by atomic mass is 32.1. The number of fused-ring (bicyclic) bond motifs is 1. The zero-order chi connectivity index (χ0) is 51.4. The van der Waals surface area contributed by atoms with Gasteiger partial charge in [0.25, 0.3) is 0 Å². The van der Waals surface area contributed by atoms with Crippen molar-refractivity contribution >= 4 is 56.3 Å². The Bertz CT molecular complexity index is 2770. The molecule has 1 aliphatic heterocycles. The first-order chi connectivity index (χ1) is 34.6. The van der Waals surface area contributed by atoms with Crippen molar-refractivity contribution in [3.8, 4) is 38.1 Å². The molecule has 72 heavy (non-hydrogen) atoms. The van der Waals surface area contributed by atoms with Gasteiger partial charge >= 0.3 is 0 Å². The number of carbonyl (C=O) groups excluding carboxylic acids is 4. The van der Waals surface area contributed by atoms with Gasteiger partial charge in [-0.1, -0.05) is 52.0 Å². The number of hydrogen-bond donors (Lipinski definition) is 5. The molecule has 0 spiro atoms. The number of likely N-dealkylation sites (N-methyl/N-ethyl adjacent to an activating group) is 1. The summed E-state index contributed by atoms with van der Waals surface area (Å²) in [5.74, 6) is -0.379. The Morgan fingerprint density at radius 3 is 2.19 bits per heavy atom. The van der Waals surface area contributed by atoms with Crippen LogP contribution in [0.25, 0.3) is 31.0 Å². The summed E-state index contributed by atoms with van der Waals surface area (Å²) in [7, 11) is 0. The predicted molar refractivity (Wildman–Crippen MR) is 281 cm³/mol. The van der Waals surface area contributed by atoms with E-state index in [1.54, 1.807) is 78.1 Å². The standard InChI is InChI=1S/C55H65N5O10S2/c1-6-59(25-28-70-43-18-13-37(14-19-43)49(65)48-44-20-17-41(62)32-46(44)72-51(48)39-11-15-40(61)16-12-39)24-27-69-30-29-68-26-22-47(64)58-52(55(3,4)5)54(67)60-33-42(63)31-45(60)53(66)56-23-21-36-7-9-38(10-8-36)50-35(2)57-34-71-50/h7-20,32,34,42,45,52,61-63H,6,21-31,33H2,1-5H3,(H,56,66)(H,58,64)/t42-,45+,52-/m1/s1. The van der Waals surface area contributed by atoms with E-state index < -0.39 is 29.5 Å². The molecular formula is C55H65N5O10S2. The van der Waals surface area contributed by atoms with Crippen LogP contribution in [0.15, 0.2) is 96.5 Å². The van der Waals surface area contributed by atoms with Crippen LogP contribution in [0.3, 0.4) is 0 Å². The highest BCUT2D eigenvalue weighted by Crippen LogP contribution is 2.41. The molecule has 1 saturated heterocycles. The van der Waals surface area contributed by atoms with Crippen LogP contribution in [-0.2, 0) is 30.3 Å². The number of phenolic OH excluding ortho intramolecular Hbond substituents is 2. The van der Waals surface area contributed by atoms with Gasteiger partial charge in [-0.05, 0) is 109 Å². The Kier molecular flexibility index (Phi) is 18.6. The minimum Gasteiger partial charge on any atom is -0.508 e. The minimum atomic E-state index is -0.929. The van der Waals surface area contributed by atoms with Crippen LogP contribution in [0.1, 0.15) is 67.7 Å². The normalized spacial score (nSPS) is 15.2. The smallest absolute Gasteiger partial charge is 0.246 e. The van der Waals surface area contributed by atoms with Gasteiger partial charge in [-0.25, -0.2) is 4.98 Å². The first kappa shape index (κ1) is 53.6. The molecule has 0 aliphatic carbocycles. The number of aromatic nitrogens is 1. The van der Waals surface area contributed by atoms with E-state index in [-0.39, 0.29) is 61.7 Å². The molecule has 0 radical (unpaired) electrons. The number of phenols is 2. The van der Waals surface area contributed by atoms with E-state index in [0.29, 0.717) is 62.8 Å². The third-order valence-electron chi connectivity index (χ3n) is 12.6. The van der Waals surface area contributed by atoms with E-state index in [2.05, 4.69) is 27.4 Å². The molecule has 382 valence electrons. The van der Waals surface area contributed by atoms with Gasteiger partial charge in [0.2, 0.25) is 17.7 Å². The van der Waals surface area contributed by atoms with Gasteiger partial charge in [-0.3, -0.25) is 24.1 Å². The SMILES string of the molecule is CCN(CCOCCOCCC(=O)N[C@H](C(=O)N1C[C@H](O)C[C@H]1C(=O)NCCc1ccc(-c2scnc2C)cc1)C(C)(C)C)CCOc1ccc(C(=O)c2c(-c3ccc(O)cc3)sc3cc(O)ccc23)cc1. The van der Waals surface area contributed by atoms with Gasteiger partial charge in [-0.2, -0.15) is 0 Å². The van der Waals surface area contributed by atoms with E-state index in [4.69, 9.17) is 14.2 Å². The number of ketones is 1. The summed E-state index contributed by atoms with van der Waals surface area (Å²) >= 11 is 3.01. The summed E-state index contributed by atoms with van der Waals surface area (Å²) in [6, 6.07) is 25.1. The summed E-state index contributed by atoms with van der Waals surface area (Å²) in [6.45, 7) is 13.7. The zero-order valence-corrected chi connectivity index (χ0v) is 43.2. The number of benzene rings is 4. The molecule has 1 fully saturated rings. The monoisotopic (exact) mass is 1020 g/mol. The van der Waals surface area contributed by atoms with E-state index in [1.165, 1.54) is 16.2 Å². The Labute approximate surface area is 428 Å². The van der Waals surface area contributed by atoms with Gasteiger partial charge in [0.15, 0.2) is 5.78 Å². The average molecular weight is 1020 g/mol. The number of nitrogens with zero attached hydrogens (tertiary/aromatic N) is 3. The molecule has 3 heterocycles. The van der Waals surface area contributed by atoms with Crippen molar-refractivity contribution in [1.82, 2.24) is 25.4 Å². The van der Waals surface area contributed by atoms with Crippen molar-refractivity contribution in [2.75, 3.05) is 65.8 Å². The second-order valence-electron chi connectivity index (χ2n) is 18.9. The van der Waals surface area contributed by atoms with Crippen LogP contribution in [0.4, 0.5) is 0 Å². The maximum atomic E-state index is 14.0. The number of aliphatic hydroxyl groups is 1. The maximum absolute atomic E-state index is 14.0. The largest absolute Gasteiger partial charge is 0.508 e. The predicted octanol–water partition coefficient (Wildman–Crippen LogP) is 7.62. The summed E-state index contributed by atoms with van der Waals surface area (Å²) in [5, 5.41) is 37.1. The van der Waals surface area contributed by atoms with Crippen molar-refractivity contribution in [3.05, 3.63) is 119 Å². The highest BCUT2D eigenvalue weighted by molar-refractivity contribution is 7.22. The van der Waals surface area contributed by atoms with Crippen molar-refractivity contribution in [2.24, 2.45) is 5.41 Å². The second-order valence-corrected chi connectivity index (χ2v) is 20.8. The van der Waals surface area contributed by atoms with Crippen LogP contribution in [-0.4, -0.2) is 138 Å². The summed E-state index contributed by atoms with van der Waals surface area (Å²) in [6.07, 6.45) is -0.118. The Hall–Kier alpha value is -6.21. The lowest BCUT2D eigenvalue weighted by molar-refractivity contribution is -0.144. The van der Waals surface area contributed by atoms with Crippen LogP contribution in [0.5, 0.6) is 17.2 Å². The number of nitrogens with one attached hydrogen (secondary N) is 2. The number of hydrogen-bond acceptors (Lipinski definition) is 14. The van der Waals surface area contributed by atoms with Crippen LogP contribution < -0.4 is 15.4 Å². The van der Waals surface area contributed by atoms with Gasteiger partial charge < -0.3 is 45.1 Å². The van der Waals surface area contributed by atoms with Crippen LogP contribution in [0.2, 0.25) is 0 Å². The van der Waals surface area contributed by atoms with Gasteiger partial charge in [0.1, 0.15) is 35.9 Å². The number of rotatable bonds is 24. The quantitative estimate of drug-likeness (QED) is 0.0294. The number of β-amino-alcohol motifs (C(OH)–C–C–N with tert-alkyl or cyclic N) is 1. The van der Waals surface area contributed by atoms with E-state index >= 15 is 0 Å². The molecule has 17 heteroatoms. The van der Waals surface area contributed by atoms with Crippen molar-refractivity contribution in [1.29, 1.82) is 0 Å². The average Bonchev–Trinajstić information content (AvgIpc) is 4.09. The molecule has 15 nitrogen and oxygen atoms in total.